The number of aromatic nitrogens is 1. The van der Waals surface area contributed by atoms with Gasteiger partial charge in [0, 0.05) is 17.5 Å². The molecule has 0 unspecified atom stereocenters. The van der Waals surface area contributed by atoms with Crippen molar-refractivity contribution in [1.82, 2.24) is 9.88 Å². The number of carboxylic acids is 1. The molecule has 23 heavy (non-hydrogen) atoms. The number of carboxylic acid groups (broad SMARTS) is 1. The number of oxazole rings is 1. The van der Waals surface area contributed by atoms with Crippen molar-refractivity contribution >= 4 is 23.2 Å². The molecule has 1 aliphatic rings. The molecule has 2 aromatic rings. The standard InChI is InChI=1S/C15H16N2O5S/c1-9-11(16-14(22-9)10-2-5-23-8-10)6-13(18)17-3-4-21-12(7-17)15(19)20/h2,5,8,12H,3-4,6-7H2,1H3,(H,19,20)/t12-/m0/s1. The maximum absolute atomic E-state index is 12.4. The average molecular weight is 336 g/mol. The van der Waals surface area contributed by atoms with Gasteiger partial charge in [-0.15, -0.1) is 0 Å². The zero-order valence-electron chi connectivity index (χ0n) is 12.5. The van der Waals surface area contributed by atoms with Crippen LogP contribution in [0, 0.1) is 6.92 Å². The van der Waals surface area contributed by atoms with Crippen LogP contribution in [0.15, 0.2) is 21.2 Å². The normalized spacial score (nSPS) is 18.1. The van der Waals surface area contributed by atoms with Crippen LogP contribution >= 0.6 is 11.3 Å². The van der Waals surface area contributed by atoms with Gasteiger partial charge in [-0.2, -0.15) is 11.3 Å². The molecule has 0 aromatic carbocycles. The van der Waals surface area contributed by atoms with Gasteiger partial charge in [0.25, 0.3) is 0 Å². The summed E-state index contributed by atoms with van der Waals surface area (Å²) < 4.78 is 10.7. The Morgan fingerprint density at radius 3 is 3.04 bits per heavy atom. The number of aryl methyl sites for hydroxylation is 1. The number of carbonyl (C=O) groups is 2. The molecule has 2 aromatic heterocycles. The van der Waals surface area contributed by atoms with Crippen LogP contribution in [0.3, 0.4) is 0 Å². The predicted molar refractivity (Wildman–Crippen MR) is 82.2 cm³/mol. The van der Waals surface area contributed by atoms with Gasteiger partial charge in [0.15, 0.2) is 6.10 Å². The molecule has 122 valence electrons. The molecule has 0 spiro atoms. The second-order valence-corrected chi connectivity index (χ2v) is 6.03. The Hall–Kier alpha value is -2.19. The molecule has 1 N–H and O–H groups in total. The molecule has 7 nitrogen and oxygen atoms in total. The largest absolute Gasteiger partial charge is 0.479 e. The van der Waals surface area contributed by atoms with Gasteiger partial charge in [-0.1, -0.05) is 0 Å². The third-order valence-corrected chi connectivity index (χ3v) is 4.36. The van der Waals surface area contributed by atoms with Crippen LogP contribution in [0.1, 0.15) is 11.5 Å². The van der Waals surface area contributed by atoms with Gasteiger partial charge in [0.1, 0.15) is 5.76 Å². The maximum Gasteiger partial charge on any atom is 0.334 e. The van der Waals surface area contributed by atoms with Crippen LogP contribution in [0.4, 0.5) is 0 Å². The zero-order valence-corrected chi connectivity index (χ0v) is 13.3. The summed E-state index contributed by atoms with van der Waals surface area (Å²) in [4.78, 5) is 29.2. The number of carbonyl (C=O) groups excluding carboxylic acids is 1. The van der Waals surface area contributed by atoms with Crippen molar-refractivity contribution in [1.29, 1.82) is 0 Å². The molecule has 3 rings (SSSR count). The fourth-order valence-corrected chi connectivity index (χ4v) is 3.01. The van der Waals surface area contributed by atoms with Crippen molar-refractivity contribution in [3.63, 3.8) is 0 Å². The van der Waals surface area contributed by atoms with Crippen LogP contribution in [-0.2, 0) is 20.7 Å². The first-order valence-corrected chi connectivity index (χ1v) is 8.10. The lowest BCUT2D eigenvalue weighted by Crippen LogP contribution is -2.49. The molecule has 1 atom stereocenters. The van der Waals surface area contributed by atoms with Crippen molar-refractivity contribution < 1.29 is 23.8 Å². The Bertz CT molecular complexity index is 710. The predicted octanol–water partition coefficient (Wildman–Crippen LogP) is 1.57. The summed E-state index contributed by atoms with van der Waals surface area (Å²) in [5, 5.41) is 12.8. The van der Waals surface area contributed by atoms with Crippen LogP contribution in [0.2, 0.25) is 0 Å². The van der Waals surface area contributed by atoms with E-state index in [4.69, 9.17) is 14.3 Å². The molecule has 0 radical (unpaired) electrons. The maximum atomic E-state index is 12.4. The van der Waals surface area contributed by atoms with E-state index in [1.54, 1.807) is 18.3 Å². The molecule has 8 heteroatoms. The highest BCUT2D eigenvalue weighted by molar-refractivity contribution is 7.08. The monoisotopic (exact) mass is 336 g/mol. The van der Waals surface area contributed by atoms with E-state index in [-0.39, 0.29) is 25.5 Å². The van der Waals surface area contributed by atoms with E-state index in [1.165, 1.54) is 4.90 Å². The molecule has 1 aliphatic heterocycles. The highest BCUT2D eigenvalue weighted by Crippen LogP contribution is 2.24. The third kappa shape index (κ3) is 3.43. The second kappa shape index (κ2) is 6.51. The number of hydrogen-bond donors (Lipinski definition) is 1. The van der Waals surface area contributed by atoms with Gasteiger partial charge >= 0.3 is 5.97 Å². The Balaban J connectivity index is 1.69. The van der Waals surface area contributed by atoms with Gasteiger partial charge in [-0.05, 0) is 18.4 Å². The third-order valence-electron chi connectivity index (χ3n) is 3.67. The number of nitrogens with zero attached hydrogens (tertiary/aromatic N) is 2. The van der Waals surface area contributed by atoms with Crippen molar-refractivity contribution in [3.8, 4) is 11.5 Å². The first-order valence-electron chi connectivity index (χ1n) is 7.15. The van der Waals surface area contributed by atoms with Gasteiger partial charge < -0.3 is 19.2 Å². The second-order valence-electron chi connectivity index (χ2n) is 5.25. The van der Waals surface area contributed by atoms with E-state index in [9.17, 15) is 9.59 Å². The molecule has 1 amide bonds. The highest BCUT2D eigenvalue weighted by Gasteiger charge is 2.29. The number of morpholine rings is 1. The minimum absolute atomic E-state index is 0.0580. The number of thiophene rings is 1. The van der Waals surface area contributed by atoms with Crippen molar-refractivity contribution in [2.45, 2.75) is 19.4 Å². The van der Waals surface area contributed by atoms with Gasteiger partial charge in [0.2, 0.25) is 11.8 Å². The highest BCUT2D eigenvalue weighted by atomic mass is 32.1. The van der Waals surface area contributed by atoms with Crippen LogP contribution in [0.5, 0.6) is 0 Å². The summed E-state index contributed by atoms with van der Waals surface area (Å²) in [6.07, 6.45) is -0.876. The molecule has 0 aliphatic carbocycles. The molecular formula is C15H16N2O5S. The van der Waals surface area contributed by atoms with E-state index < -0.39 is 12.1 Å². The fraction of sp³-hybridized carbons (Fsp3) is 0.400. The molecular weight excluding hydrogens is 320 g/mol. The van der Waals surface area contributed by atoms with Crippen LogP contribution in [0.25, 0.3) is 11.5 Å². The number of hydrogen-bond acceptors (Lipinski definition) is 6. The number of aliphatic carboxylic acids is 1. The van der Waals surface area contributed by atoms with Crippen LogP contribution < -0.4 is 0 Å². The summed E-state index contributed by atoms with van der Waals surface area (Å²) in [5.74, 6) is -0.132. The minimum atomic E-state index is -1.06. The first-order chi connectivity index (χ1) is 11.0. The molecule has 0 saturated carbocycles. The lowest BCUT2D eigenvalue weighted by Gasteiger charge is -2.30. The van der Waals surface area contributed by atoms with E-state index >= 15 is 0 Å². The zero-order chi connectivity index (χ0) is 16.4. The van der Waals surface area contributed by atoms with E-state index in [1.807, 2.05) is 16.8 Å². The van der Waals surface area contributed by atoms with E-state index in [0.29, 0.717) is 23.9 Å². The molecule has 1 fully saturated rings. The van der Waals surface area contributed by atoms with Gasteiger partial charge in [-0.3, -0.25) is 4.79 Å². The van der Waals surface area contributed by atoms with E-state index in [0.717, 1.165) is 5.56 Å². The quantitative estimate of drug-likeness (QED) is 0.911. The molecule has 1 saturated heterocycles. The average Bonchev–Trinajstić information content (AvgIpc) is 3.18. The fourth-order valence-electron chi connectivity index (χ4n) is 2.38. The summed E-state index contributed by atoms with van der Waals surface area (Å²) in [5.41, 5.74) is 1.46. The van der Waals surface area contributed by atoms with Gasteiger partial charge in [-0.25, -0.2) is 9.78 Å². The first kappa shape index (κ1) is 15.7. The molecule has 3 heterocycles. The Kier molecular flexibility index (Phi) is 4.44. The Labute approximate surface area is 136 Å². The summed E-state index contributed by atoms with van der Waals surface area (Å²) in [6.45, 7) is 2.44. The Morgan fingerprint density at radius 1 is 1.52 bits per heavy atom. The van der Waals surface area contributed by atoms with Gasteiger partial charge in [0.05, 0.1) is 25.3 Å². The summed E-state index contributed by atoms with van der Waals surface area (Å²) in [6, 6.07) is 1.90. The van der Waals surface area contributed by atoms with Crippen molar-refractivity contribution in [2.24, 2.45) is 0 Å². The lowest BCUT2D eigenvalue weighted by molar-refractivity contribution is -0.159. The number of amides is 1. The van der Waals surface area contributed by atoms with Crippen molar-refractivity contribution in [3.05, 3.63) is 28.3 Å². The topological polar surface area (TPSA) is 92.9 Å². The number of ether oxygens (including phenoxy) is 1. The molecule has 0 bridgehead atoms. The smallest absolute Gasteiger partial charge is 0.334 e. The van der Waals surface area contributed by atoms with Crippen LogP contribution in [-0.4, -0.2) is 52.7 Å². The number of rotatable bonds is 4. The lowest BCUT2D eigenvalue weighted by atomic mass is 10.2. The summed E-state index contributed by atoms with van der Waals surface area (Å²) in [7, 11) is 0. The minimum Gasteiger partial charge on any atom is -0.479 e. The Morgan fingerprint density at radius 2 is 2.35 bits per heavy atom. The SMILES string of the molecule is Cc1oc(-c2ccsc2)nc1CC(=O)N1CCO[C@H](C(=O)O)C1. The summed E-state index contributed by atoms with van der Waals surface area (Å²) >= 11 is 1.54. The van der Waals surface area contributed by atoms with E-state index in [2.05, 4.69) is 4.98 Å². The van der Waals surface area contributed by atoms with Crippen molar-refractivity contribution in [2.75, 3.05) is 19.7 Å².